The molecule has 0 saturated carbocycles. The summed E-state index contributed by atoms with van der Waals surface area (Å²) < 4.78 is 0. The van der Waals surface area contributed by atoms with E-state index in [0.29, 0.717) is 6.54 Å². The zero-order valence-electron chi connectivity index (χ0n) is 6.45. The van der Waals surface area contributed by atoms with Crippen molar-refractivity contribution in [3.05, 3.63) is 0 Å². The smallest absolute Gasteiger partial charge is 0.321 e. The van der Waals surface area contributed by atoms with Crippen LogP contribution in [0.25, 0.3) is 0 Å². The molecule has 11 heavy (non-hydrogen) atoms. The van der Waals surface area contributed by atoms with Gasteiger partial charge in [0.15, 0.2) is 0 Å². The number of carboxylic acids is 1. The lowest BCUT2D eigenvalue weighted by Crippen LogP contribution is -2.41. The van der Waals surface area contributed by atoms with Crippen molar-refractivity contribution in [2.24, 2.45) is 5.73 Å². The molecule has 0 aliphatic heterocycles. The molecule has 0 saturated heterocycles. The molecular formula is C7H12N2O2. The van der Waals surface area contributed by atoms with Crippen LogP contribution in [0.5, 0.6) is 0 Å². The fraction of sp³-hybridized carbons (Fsp3) is 0.571. The molecule has 0 radical (unpaired) electrons. The van der Waals surface area contributed by atoms with Crippen LogP contribution in [0.4, 0.5) is 0 Å². The molecule has 4 heteroatoms. The maximum atomic E-state index is 10.2. The minimum atomic E-state index is -1.01. The summed E-state index contributed by atoms with van der Waals surface area (Å²) in [6.45, 7) is 0.695. The van der Waals surface area contributed by atoms with Crippen molar-refractivity contribution >= 4 is 5.97 Å². The minimum Gasteiger partial charge on any atom is -0.480 e. The molecule has 0 bridgehead atoms. The summed E-state index contributed by atoms with van der Waals surface area (Å²) >= 11 is 0. The molecule has 0 aromatic rings. The second kappa shape index (κ2) is 4.72. The molecule has 0 rings (SSSR count). The van der Waals surface area contributed by atoms with Crippen LogP contribution < -0.4 is 5.73 Å². The molecule has 0 aromatic heterocycles. The van der Waals surface area contributed by atoms with Gasteiger partial charge in [-0.3, -0.25) is 9.69 Å². The second-order valence-corrected chi connectivity index (χ2v) is 2.35. The normalized spacial score (nSPS) is 12.5. The average molecular weight is 156 g/mol. The molecule has 4 nitrogen and oxygen atoms in total. The van der Waals surface area contributed by atoms with E-state index in [1.54, 1.807) is 11.9 Å². The van der Waals surface area contributed by atoms with Crippen LogP contribution in [-0.4, -0.2) is 42.2 Å². The zero-order chi connectivity index (χ0) is 8.85. The second-order valence-electron chi connectivity index (χ2n) is 2.35. The van der Waals surface area contributed by atoms with Crippen molar-refractivity contribution in [3.8, 4) is 12.3 Å². The number of likely N-dealkylation sites (N-methyl/N-ethyl adjacent to an activating group) is 1. The van der Waals surface area contributed by atoms with Crippen molar-refractivity contribution in [2.75, 3.05) is 20.1 Å². The van der Waals surface area contributed by atoms with Gasteiger partial charge in [0.05, 0.1) is 6.54 Å². The summed E-state index contributed by atoms with van der Waals surface area (Å²) in [6, 6.07) is -0.853. The van der Waals surface area contributed by atoms with E-state index in [-0.39, 0.29) is 6.54 Å². The van der Waals surface area contributed by atoms with Gasteiger partial charge in [-0.05, 0) is 7.05 Å². The van der Waals surface area contributed by atoms with E-state index < -0.39 is 12.0 Å². The fourth-order valence-electron chi connectivity index (χ4n) is 0.634. The number of nitrogens with two attached hydrogens (primary N) is 1. The third-order valence-corrected chi connectivity index (χ3v) is 1.19. The summed E-state index contributed by atoms with van der Waals surface area (Å²) in [5.41, 5.74) is 5.24. The van der Waals surface area contributed by atoms with E-state index in [0.717, 1.165) is 0 Å². The van der Waals surface area contributed by atoms with Crippen LogP contribution in [0.3, 0.4) is 0 Å². The maximum absolute atomic E-state index is 10.2. The highest BCUT2D eigenvalue weighted by molar-refractivity contribution is 5.73. The first-order valence-corrected chi connectivity index (χ1v) is 3.18. The Labute approximate surface area is 66.0 Å². The van der Waals surface area contributed by atoms with Gasteiger partial charge >= 0.3 is 5.97 Å². The van der Waals surface area contributed by atoms with Crippen molar-refractivity contribution in [3.63, 3.8) is 0 Å². The van der Waals surface area contributed by atoms with Crippen molar-refractivity contribution < 1.29 is 9.90 Å². The van der Waals surface area contributed by atoms with Crippen LogP contribution in [0, 0.1) is 12.3 Å². The summed E-state index contributed by atoms with van der Waals surface area (Å²) in [5.74, 6) is 1.38. The lowest BCUT2D eigenvalue weighted by Gasteiger charge is -2.15. The minimum absolute atomic E-state index is 0.277. The van der Waals surface area contributed by atoms with Gasteiger partial charge < -0.3 is 10.8 Å². The van der Waals surface area contributed by atoms with Crippen LogP contribution in [0.15, 0.2) is 0 Å². The van der Waals surface area contributed by atoms with E-state index in [4.69, 9.17) is 17.3 Å². The standard InChI is InChI=1S/C7H12N2O2/c1-3-4-9(2)5-6(8)7(10)11/h1,6H,4-5,8H2,2H3,(H,10,11). The molecular weight excluding hydrogens is 144 g/mol. The third kappa shape index (κ3) is 4.37. The Morgan fingerprint density at radius 1 is 1.91 bits per heavy atom. The number of aliphatic carboxylic acids is 1. The van der Waals surface area contributed by atoms with Crippen LogP contribution >= 0.6 is 0 Å². The molecule has 0 aliphatic carbocycles. The molecule has 62 valence electrons. The maximum Gasteiger partial charge on any atom is 0.321 e. The predicted molar refractivity (Wildman–Crippen MR) is 41.9 cm³/mol. The Kier molecular flexibility index (Phi) is 4.27. The first-order valence-electron chi connectivity index (χ1n) is 3.18. The molecule has 3 N–H and O–H groups in total. The van der Waals surface area contributed by atoms with E-state index in [1.165, 1.54) is 0 Å². The average Bonchev–Trinajstić information content (AvgIpc) is 1.87. The van der Waals surface area contributed by atoms with Gasteiger partial charge in [-0.1, -0.05) is 5.92 Å². The van der Waals surface area contributed by atoms with Crippen molar-refractivity contribution in [2.45, 2.75) is 6.04 Å². The first-order chi connectivity index (χ1) is 5.07. The highest BCUT2D eigenvalue weighted by Gasteiger charge is 2.12. The van der Waals surface area contributed by atoms with Crippen LogP contribution in [-0.2, 0) is 4.79 Å². The fourth-order valence-corrected chi connectivity index (χ4v) is 0.634. The molecule has 0 fully saturated rings. The number of carbonyl (C=O) groups is 1. The quantitative estimate of drug-likeness (QED) is 0.510. The lowest BCUT2D eigenvalue weighted by atomic mass is 10.3. The Bertz CT molecular complexity index is 174. The topological polar surface area (TPSA) is 66.6 Å². The Hall–Kier alpha value is -1.05. The predicted octanol–water partition coefficient (Wildman–Crippen LogP) is -1.04. The van der Waals surface area contributed by atoms with E-state index >= 15 is 0 Å². The Morgan fingerprint density at radius 2 is 2.45 bits per heavy atom. The summed E-state index contributed by atoms with van der Waals surface area (Å²) in [5, 5.41) is 8.40. The number of hydrogen-bond acceptors (Lipinski definition) is 3. The molecule has 0 aliphatic rings. The summed E-state index contributed by atoms with van der Waals surface area (Å²) in [6.07, 6.45) is 5.00. The Balaban J connectivity index is 3.67. The van der Waals surface area contributed by atoms with Gasteiger partial charge in [0.1, 0.15) is 6.04 Å². The van der Waals surface area contributed by atoms with E-state index in [1.807, 2.05) is 0 Å². The highest BCUT2D eigenvalue weighted by Crippen LogP contribution is 1.85. The van der Waals surface area contributed by atoms with Gasteiger partial charge in [-0.2, -0.15) is 0 Å². The van der Waals surface area contributed by atoms with Gasteiger partial charge in [0, 0.05) is 6.54 Å². The Morgan fingerprint density at radius 3 is 2.82 bits per heavy atom. The number of nitrogens with zero attached hydrogens (tertiary/aromatic N) is 1. The SMILES string of the molecule is C#CCN(C)CC(N)C(=O)O. The van der Waals surface area contributed by atoms with Crippen LogP contribution in [0.2, 0.25) is 0 Å². The zero-order valence-corrected chi connectivity index (χ0v) is 6.45. The van der Waals surface area contributed by atoms with Gasteiger partial charge in [0.25, 0.3) is 0 Å². The van der Waals surface area contributed by atoms with Gasteiger partial charge in [0.2, 0.25) is 0 Å². The van der Waals surface area contributed by atoms with Crippen molar-refractivity contribution in [1.82, 2.24) is 4.90 Å². The van der Waals surface area contributed by atoms with Crippen molar-refractivity contribution in [1.29, 1.82) is 0 Å². The lowest BCUT2D eigenvalue weighted by molar-refractivity contribution is -0.138. The number of rotatable bonds is 4. The summed E-state index contributed by atoms with van der Waals surface area (Å²) in [4.78, 5) is 11.9. The molecule has 1 unspecified atom stereocenters. The molecule has 0 amide bonds. The number of carboxylic acid groups (broad SMARTS) is 1. The van der Waals surface area contributed by atoms with Gasteiger partial charge in [-0.25, -0.2) is 0 Å². The molecule has 0 heterocycles. The first kappa shape index (κ1) is 9.95. The third-order valence-electron chi connectivity index (χ3n) is 1.19. The largest absolute Gasteiger partial charge is 0.480 e. The molecule has 0 spiro atoms. The van der Waals surface area contributed by atoms with Gasteiger partial charge in [-0.15, -0.1) is 6.42 Å². The highest BCUT2D eigenvalue weighted by atomic mass is 16.4. The number of terminal acetylenes is 1. The monoisotopic (exact) mass is 156 g/mol. The summed E-state index contributed by atoms with van der Waals surface area (Å²) in [7, 11) is 1.72. The van der Waals surface area contributed by atoms with E-state index in [2.05, 4.69) is 5.92 Å². The molecule has 1 atom stereocenters. The van der Waals surface area contributed by atoms with Crippen LogP contribution in [0.1, 0.15) is 0 Å². The van der Waals surface area contributed by atoms with E-state index in [9.17, 15) is 4.79 Å². The number of hydrogen-bond donors (Lipinski definition) is 2. The molecule has 0 aromatic carbocycles.